The molecule has 3 aromatic rings. The van der Waals surface area contributed by atoms with Crippen LogP contribution in [0.5, 0.6) is 17.2 Å². The van der Waals surface area contributed by atoms with Gasteiger partial charge in [-0.25, -0.2) is 0 Å². The van der Waals surface area contributed by atoms with Crippen molar-refractivity contribution < 1.29 is 29.3 Å². The second kappa shape index (κ2) is 10.4. The van der Waals surface area contributed by atoms with Crippen molar-refractivity contribution in [2.45, 2.75) is 45.9 Å². The van der Waals surface area contributed by atoms with Crippen molar-refractivity contribution in [1.82, 2.24) is 4.90 Å². The Morgan fingerprint density at radius 1 is 0.946 bits per heavy atom. The minimum atomic E-state index is -0.846. The summed E-state index contributed by atoms with van der Waals surface area (Å²) in [6, 6.07) is 19.5. The normalized spacial score (nSPS) is 17.2. The maximum atomic E-state index is 13.3. The molecule has 0 saturated carbocycles. The number of rotatable bonds is 7. The summed E-state index contributed by atoms with van der Waals surface area (Å²) >= 11 is 0. The van der Waals surface area contributed by atoms with Gasteiger partial charge >= 0.3 is 0 Å². The Labute approximate surface area is 216 Å². The third kappa shape index (κ3) is 5.77. The minimum absolute atomic E-state index is 0.0166. The number of phenolic OH excluding ortho intramolecular Hbond substituents is 1. The topological polar surface area (TPSA) is 96.3 Å². The highest BCUT2D eigenvalue weighted by Gasteiger charge is 2.46. The van der Waals surface area contributed by atoms with E-state index in [1.54, 1.807) is 36.4 Å². The molecule has 192 valence electrons. The average molecular weight is 502 g/mol. The smallest absolute Gasteiger partial charge is 0.295 e. The molecule has 1 aliphatic heterocycles. The molecule has 1 atom stereocenters. The lowest BCUT2D eigenvalue weighted by Crippen LogP contribution is -2.29. The van der Waals surface area contributed by atoms with Gasteiger partial charge in [0.25, 0.3) is 11.7 Å². The zero-order chi connectivity index (χ0) is 26.7. The molecule has 37 heavy (non-hydrogen) atoms. The van der Waals surface area contributed by atoms with Crippen molar-refractivity contribution in [3.05, 3.63) is 95.1 Å². The number of carbonyl (C=O) groups is 2. The molecule has 2 N–H and O–H groups in total. The number of Topliss-reactive ketones (excluding diaryl/α,β-unsaturated/α-hetero) is 1. The van der Waals surface area contributed by atoms with Crippen LogP contribution in [0.25, 0.3) is 5.76 Å². The second-order valence-corrected chi connectivity index (χ2v) is 9.84. The number of aliphatic hydroxyl groups excluding tert-OH is 1. The van der Waals surface area contributed by atoms with Crippen LogP contribution in [0, 0.1) is 0 Å². The summed E-state index contributed by atoms with van der Waals surface area (Å²) in [7, 11) is 0. The Hall–Kier alpha value is -4.26. The van der Waals surface area contributed by atoms with Gasteiger partial charge in [0.1, 0.15) is 28.6 Å². The number of carbonyl (C=O) groups excluding carboxylic acids is 2. The third-order valence-corrected chi connectivity index (χ3v) is 5.87. The number of hydrogen-bond acceptors (Lipinski definition) is 6. The lowest BCUT2D eigenvalue weighted by Gasteiger charge is -2.26. The molecule has 0 aliphatic carbocycles. The zero-order valence-electron chi connectivity index (χ0n) is 21.4. The van der Waals surface area contributed by atoms with Crippen molar-refractivity contribution in [2.75, 3.05) is 6.61 Å². The molecule has 3 aromatic carbocycles. The molecule has 4 rings (SSSR count). The van der Waals surface area contributed by atoms with Crippen LogP contribution in [0.2, 0.25) is 0 Å². The number of ketones is 1. The van der Waals surface area contributed by atoms with Crippen LogP contribution >= 0.6 is 0 Å². The van der Waals surface area contributed by atoms with Gasteiger partial charge in [-0.3, -0.25) is 9.59 Å². The Kier molecular flexibility index (Phi) is 7.25. The first-order valence-corrected chi connectivity index (χ1v) is 12.2. The molecule has 0 bridgehead atoms. The largest absolute Gasteiger partial charge is 0.508 e. The minimum Gasteiger partial charge on any atom is -0.508 e. The number of hydrogen-bond donors (Lipinski definition) is 2. The van der Waals surface area contributed by atoms with Gasteiger partial charge in [-0.15, -0.1) is 0 Å². The predicted molar refractivity (Wildman–Crippen MR) is 140 cm³/mol. The van der Waals surface area contributed by atoms with E-state index < -0.39 is 17.7 Å². The summed E-state index contributed by atoms with van der Waals surface area (Å²) in [5.41, 5.74) is 1.39. The second-order valence-electron chi connectivity index (χ2n) is 9.84. The standard InChI is InChI=1S/C30H31NO6/c1-5-36-24-8-6-7-21(17-24)27(33)25-26(20-11-13-22(32)14-12-20)31(29(35)28(25)34)18-19-9-15-23(16-10-19)37-30(2,3)4/h6-17,26,32-33H,5,18H2,1-4H3/b27-25-. The highest BCUT2D eigenvalue weighted by molar-refractivity contribution is 6.46. The molecular weight excluding hydrogens is 470 g/mol. The van der Waals surface area contributed by atoms with Gasteiger partial charge in [0.05, 0.1) is 18.2 Å². The number of aliphatic hydroxyl groups is 1. The van der Waals surface area contributed by atoms with Crippen molar-refractivity contribution in [1.29, 1.82) is 0 Å². The first-order valence-electron chi connectivity index (χ1n) is 12.2. The summed E-state index contributed by atoms with van der Waals surface area (Å²) in [5.74, 6) is -0.475. The summed E-state index contributed by atoms with van der Waals surface area (Å²) < 4.78 is 11.4. The van der Waals surface area contributed by atoms with E-state index in [1.807, 2.05) is 52.0 Å². The highest BCUT2D eigenvalue weighted by Crippen LogP contribution is 2.41. The molecule has 1 fully saturated rings. The van der Waals surface area contributed by atoms with Crippen LogP contribution < -0.4 is 9.47 Å². The van der Waals surface area contributed by atoms with E-state index in [1.165, 1.54) is 17.0 Å². The van der Waals surface area contributed by atoms with Crippen LogP contribution in [0.1, 0.15) is 50.4 Å². The molecule has 1 unspecified atom stereocenters. The number of amides is 1. The molecule has 1 aliphatic rings. The van der Waals surface area contributed by atoms with Gasteiger partial charge in [-0.2, -0.15) is 0 Å². The molecular formula is C30H31NO6. The van der Waals surface area contributed by atoms with Crippen LogP contribution in [-0.2, 0) is 16.1 Å². The zero-order valence-corrected chi connectivity index (χ0v) is 21.4. The van der Waals surface area contributed by atoms with E-state index in [-0.39, 0.29) is 29.2 Å². The Morgan fingerprint density at radius 2 is 1.62 bits per heavy atom. The van der Waals surface area contributed by atoms with Gasteiger partial charge in [-0.05, 0) is 75.2 Å². The van der Waals surface area contributed by atoms with E-state index in [4.69, 9.17) is 9.47 Å². The number of aromatic hydroxyl groups is 1. The Bertz CT molecular complexity index is 1320. The highest BCUT2D eigenvalue weighted by atomic mass is 16.5. The summed E-state index contributed by atoms with van der Waals surface area (Å²) in [5, 5.41) is 21.1. The lowest BCUT2D eigenvalue weighted by molar-refractivity contribution is -0.140. The van der Waals surface area contributed by atoms with E-state index in [0.29, 0.717) is 29.2 Å². The number of nitrogens with zero attached hydrogens (tertiary/aromatic N) is 1. The van der Waals surface area contributed by atoms with Gasteiger partial charge in [0.15, 0.2) is 0 Å². The molecule has 7 nitrogen and oxygen atoms in total. The number of likely N-dealkylation sites (tertiary alicyclic amines) is 1. The van der Waals surface area contributed by atoms with E-state index in [0.717, 1.165) is 5.56 Å². The van der Waals surface area contributed by atoms with Crippen LogP contribution in [0.4, 0.5) is 0 Å². The van der Waals surface area contributed by atoms with Gasteiger partial charge in [-0.1, -0.05) is 36.4 Å². The lowest BCUT2D eigenvalue weighted by atomic mass is 9.95. The van der Waals surface area contributed by atoms with Crippen LogP contribution in [0.15, 0.2) is 78.4 Å². The summed E-state index contributed by atoms with van der Waals surface area (Å²) in [6.45, 7) is 8.32. The Morgan fingerprint density at radius 3 is 2.24 bits per heavy atom. The third-order valence-electron chi connectivity index (χ3n) is 5.87. The molecule has 0 aromatic heterocycles. The monoisotopic (exact) mass is 501 g/mol. The van der Waals surface area contributed by atoms with Crippen molar-refractivity contribution in [3.8, 4) is 17.2 Å². The SMILES string of the molecule is CCOc1cccc(/C(O)=C2/C(=O)C(=O)N(Cc3ccc(OC(C)(C)C)cc3)C2c2ccc(O)cc2)c1. The fourth-order valence-corrected chi connectivity index (χ4v) is 4.31. The first kappa shape index (κ1) is 25.8. The number of ether oxygens (including phenoxy) is 2. The molecule has 1 heterocycles. The van der Waals surface area contributed by atoms with E-state index in [9.17, 15) is 19.8 Å². The maximum Gasteiger partial charge on any atom is 0.295 e. The fraction of sp³-hybridized carbons (Fsp3) is 0.267. The quantitative estimate of drug-likeness (QED) is 0.249. The van der Waals surface area contributed by atoms with Crippen LogP contribution in [0.3, 0.4) is 0 Å². The van der Waals surface area contributed by atoms with E-state index >= 15 is 0 Å². The van der Waals surface area contributed by atoms with Crippen LogP contribution in [-0.4, -0.2) is 39.0 Å². The van der Waals surface area contributed by atoms with Crippen molar-refractivity contribution in [2.24, 2.45) is 0 Å². The molecule has 7 heteroatoms. The van der Waals surface area contributed by atoms with Gasteiger partial charge in [0, 0.05) is 12.1 Å². The van der Waals surface area contributed by atoms with Crippen molar-refractivity contribution in [3.63, 3.8) is 0 Å². The average Bonchev–Trinajstić information content (AvgIpc) is 3.10. The Balaban J connectivity index is 1.75. The predicted octanol–water partition coefficient (Wildman–Crippen LogP) is 5.59. The van der Waals surface area contributed by atoms with E-state index in [2.05, 4.69) is 0 Å². The number of benzene rings is 3. The first-order chi connectivity index (χ1) is 17.6. The molecule has 1 amide bonds. The van der Waals surface area contributed by atoms with Gasteiger partial charge in [0.2, 0.25) is 0 Å². The summed E-state index contributed by atoms with van der Waals surface area (Å²) in [4.78, 5) is 28.0. The molecule has 1 saturated heterocycles. The molecule has 0 spiro atoms. The van der Waals surface area contributed by atoms with Gasteiger partial charge < -0.3 is 24.6 Å². The maximum absolute atomic E-state index is 13.3. The molecule has 0 radical (unpaired) electrons. The summed E-state index contributed by atoms with van der Waals surface area (Å²) in [6.07, 6.45) is 0. The fourth-order valence-electron chi connectivity index (χ4n) is 4.31. The van der Waals surface area contributed by atoms with Crippen molar-refractivity contribution >= 4 is 17.4 Å². The number of phenols is 1.